The number of nitrogens with one attached hydrogen (secondary N) is 2. The molecule has 1 aliphatic heterocycles. The van der Waals surface area contributed by atoms with Crippen LogP contribution in [-0.4, -0.2) is 34.4 Å². The molecule has 1 aromatic heterocycles. The molecule has 5 heteroatoms. The summed E-state index contributed by atoms with van der Waals surface area (Å²) in [6.45, 7) is 1.29. The first-order chi connectivity index (χ1) is 8.27. The average molecular weight is 235 g/mol. The fourth-order valence-electron chi connectivity index (χ4n) is 3.04. The zero-order chi connectivity index (χ0) is 11.8. The number of aromatic nitrogens is 2. The summed E-state index contributed by atoms with van der Waals surface area (Å²) in [5.74, 6) is -1.01. The number of aryl methyl sites for hydroxylation is 1. The molecule has 0 bridgehead atoms. The summed E-state index contributed by atoms with van der Waals surface area (Å²) >= 11 is 0. The normalized spacial score (nSPS) is 28.0. The molecule has 1 aromatic rings. The highest BCUT2D eigenvalue weighted by molar-refractivity contribution is 5.72. The monoisotopic (exact) mass is 235 g/mol. The number of rotatable bonds is 2. The number of nitrogens with zero attached hydrogens (tertiary/aromatic N) is 1. The summed E-state index contributed by atoms with van der Waals surface area (Å²) in [7, 11) is 0. The third kappa shape index (κ3) is 1.74. The Morgan fingerprint density at radius 3 is 2.94 bits per heavy atom. The Hall–Kier alpha value is -1.36. The lowest BCUT2D eigenvalue weighted by Crippen LogP contribution is -2.22. The summed E-state index contributed by atoms with van der Waals surface area (Å²) < 4.78 is 0. The fraction of sp³-hybridized carbons (Fsp3) is 0.667. The van der Waals surface area contributed by atoms with Crippen molar-refractivity contribution in [2.24, 2.45) is 5.92 Å². The molecule has 1 fully saturated rings. The van der Waals surface area contributed by atoms with E-state index in [2.05, 4.69) is 15.5 Å². The van der Waals surface area contributed by atoms with Gasteiger partial charge in [-0.15, -0.1) is 0 Å². The van der Waals surface area contributed by atoms with E-state index in [0.29, 0.717) is 6.54 Å². The minimum atomic E-state index is -0.715. The van der Waals surface area contributed by atoms with E-state index in [-0.39, 0.29) is 11.8 Å². The Labute approximate surface area is 99.6 Å². The second kappa shape index (κ2) is 4.14. The molecule has 92 valence electrons. The van der Waals surface area contributed by atoms with Crippen LogP contribution in [0.3, 0.4) is 0 Å². The zero-order valence-corrected chi connectivity index (χ0v) is 9.70. The SMILES string of the molecule is O=C(O)C1CNCC1c1n[nH]c2c1CCCC2. The van der Waals surface area contributed by atoms with Crippen molar-refractivity contribution in [2.75, 3.05) is 13.1 Å². The van der Waals surface area contributed by atoms with E-state index in [4.69, 9.17) is 0 Å². The van der Waals surface area contributed by atoms with Gasteiger partial charge in [-0.05, 0) is 31.2 Å². The summed E-state index contributed by atoms with van der Waals surface area (Å²) in [4.78, 5) is 11.2. The molecule has 2 heterocycles. The van der Waals surface area contributed by atoms with Gasteiger partial charge in [0.2, 0.25) is 0 Å². The number of carboxylic acids is 1. The summed E-state index contributed by atoms with van der Waals surface area (Å²) in [5, 5.41) is 19.8. The van der Waals surface area contributed by atoms with Gasteiger partial charge in [-0.1, -0.05) is 0 Å². The van der Waals surface area contributed by atoms with Crippen molar-refractivity contribution in [2.45, 2.75) is 31.6 Å². The molecular formula is C12H17N3O2. The van der Waals surface area contributed by atoms with Crippen molar-refractivity contribution in [3.63, 3.8) is 0 Å². The van der Waals surface area contributed by atoms with Crippen LogP contribution >= 0.6 is 0 Å². The van der Waals surface area contributed by atoms with E-state index >= 15 is 0 Å². The molecule has 0 amide bonds. The number of H-pyrrole nitrogens is 1. The van der Waals surface area contributed by atoms with Crippen LogP contribution in [0.1, 0.15) is 35.7 Å². The summed E-state index contributed by atoms with van der Waals surface area (Å²) in [5.41, 5.74) is 3.51. The van der Waals surface area contributed by atoms with Crippen molar-refractivity contribution in [1.82, 2.24) is 15.5 Å². The van der Waals surface area contributed by atoms with Gasteiger partial charge in [0.05, 0.1) is 11.6 Å². The van der Waals surface area contributed by atoms with E-state index in [0.717, 1.165) is 25.1 Å². The van der Waals surface area contributed by atoms with Gasteiger partial charge >= 0.3 is 5.97 Å². The minimum Gasteiger partial charge on any atom is -0.481 e. The lowest BCUT2D eigenvalue weighted by molar-refractivity contribution is -0.141. The third-order valence-electron chi connectivity index (χ3n) is 3.97. The maximum atomic E-state index is 11.2. The van der Waals surface area contributed by atoms with E-state index in [9.17, 15) is 9.90 Å². The van der Waals surface area contributed by atoms with E-state index in [1.165, 1.54) is 24.1 Å². The summed E-state index contributed by atoms with van der Waals surface area (Å²) in [6.07, 6.45) is 4.50. The second-order valence-corrected chi connectivity index (χ2v) is 4.98. The van der Waals surface area contributed by atoms with Gasteiger partial charge in [0.25, 0.3) is 0 Å². The van der Waals surface area contributed by atoms with Crippen LogP contribution in [0.5, 0.6) is 0 Å². The Morgan fingerprint density at radius 2 is 2.12 bits per heavy atom. The first-order valence-electron chi connectivity index (χ1n) is 6.27. The molecule has 17 heavy (non-hydrogen) atoms. The molecule has 0 spiro atoms. The van der Waals surface area contributed by atoms with Crippen LogP contribution in [0, 0.1) is 5.92 Å². The second-order valence-electron chi connectivity index (χ2n) is 4.98. The van der Waals surface area contributed by atoms with Crippen LogP contribution < -0.4 is 5.32 Å². The predicted octanol–water partition coefficient (Wildman–Crippen LogP) is 0.676. The highest BCUT2D eigenvalue weighted by atomic mass is 16.4. The maximum Gasteiger partial charge on any atom is 0.308 e. The lowest BCUT2D eigenvalue weighted by Gasteiger charge is -2.16. The number of carboxylic acid groups (broad SMARTS) is 1. The molecule has 0 radical (unpaired) electrons. The van der Waals surface area contributed by atoms with Crippen molar-refractivity contribution >= 4 is 5.97 Å². The number of hydrogen-bond acceptors (Lipinski definition) is 3. The smallest absolute Gasteiger partial charge is 0.308 e. The van der Waals surface area contributed by atoms with Crippen LogP contribution in [0.2, 0.25) is 0 Å². The Bertz CT molecular complexity index is 441. The van der Waals surface area contributed by atoms with Crippen molar-refractivity contribution in [3.8, 4) is 0 Å². The fourth-order valence-corrected chi connectivity index (χ4v) is 3.04. The first kappa shape index (κ1) is 10.8. The van der Waals surface area contributed by atoms with Crippen LogP contribution in [-0.2, 0) is 17.6 Å². The van der Waals surface area contributed by atoms with Gasteiger partial charge in [-0.25, -0.2) is 0 Å². The van der Waals surface area contributed by atoms with E-state index in [1.807, 2.05) is 0 Å². The Kier molecular flexibility index (Phi) is 2.63. The molecule has 2 unspecified atom stereocenters. The van der Waals surface area contributed by atoms with Gasteiger partial charge in [0.1, 0.15) is 0 Å². The van der Waals surface area contributed by atoms with E-state index in [1.54, 1.807) is 0 Å². The number of hydrogen-bond donors (Lipinski definition) is 3. The van der Waals surface area contributed by atoms with Crippen molar-refractivity contribution in [3.05, 3.63) is 17.0 Å². The Morgan fingerprint density at radius 1 is 1.29 bits per heavy atom. The molecule has 2 atom stereocenters. The molecular weight excluding hydrogens is 218 g/mol. The Balaban J connectivity index is 1.93. The number of aromatic amines is 1. The summed E-state index contributed by atoms with van der Waals surface area (Å²) in [6, 6.07) is 0. The van der Waals surface area contributed by atoms with Gasteiger partial charge in [-0.2, -0.15) is 5.10 Å². The molecule has 2 aliphatic rings. The van der Waals surface area contributed by atoms with Gasteiger partial charge in [0, 0.05) is 24.7 Å². The standard InChI is InChI=1S/C12H17N3O2/c16-12(17)9-6-13-5-8(9)11-7-3-1-2-4-10(7)14-15-11/h8-9,13H,1-6H2,(H,14,15)(H,16,17). The highest BCUT2D eigenvalue weighted by Gasteiger charge is 2.37. The van der Waals surface area contributed by atoms with Gasteiger partial charge in [-0.3, -0.25) is 9.89 Å². The average Bonchev–Trinajstić information content (AvgIpc) is 2.94. The molecule has 3 rings (SSSR count). The van der Waals surface area contributed by atoms with Crippen molar-refractivity contribution < 1.29 is 9.90 Å². The predicted molar refractivity (Wildman–Crippen MR) is 62.0 cm³/mol. The lowest BCUT2D eigenvalue weighted by atomic mass is 9.86. The molecule has 1 saturated heterocycles. The van der Waals surface area contributed by atoms with Crippen LogP contribution in [0.4, 0.5) is 0 Å². The largest absolute Gasteiger partial charge is 0.481 e. The van der Waals surface area contributed by atoms with Gasteiger partial charge < -0.3 is 10.4 Å². The molecule has 1 aliphatic carbocycles. The molecule has 0 aromatic carbocycles. The van der Waals surface area contributed by atoms with Crippen LogP contribution in [0.25, 0.3) is 0 Å². The van der Waals surface area contributed by atoms with Crippen LogP contribution in [0.15, 0.2) is 0 Å². The van der Waals surface area contributed by atoms with Crippen molar-refractivity contribution in [1.29, 1.82) is 0 Å². The molecule has 5 nitrogen and oxygen atoms in total. The third-order valence-corrected chi connectivity index (χ3v) is 3.97. The number of fused-ring (bicyclic) bond motifs is 1. The minimum absolute atomic E-state index is 0.0330. The maximum absolute atomic E-state index is 11.2. The quantitative estimate of drug-likeness (QED) is 0.704. The zero-order valence-electron chi connectivity index (χ0n) is 9.70. The molecule has 3 N–H and O–H groups in total. The molecule has 0 saturated carbocycles. The van der Waals surface area contributed by atoms with E-state index < -0.39 is 5.97 Å². The number of aliphatic carboxylic acids is 1. The topological polar surface area (TPSA) is 78.0 Å². The van der Waals surface area contributed by atoms with Gasteiger partial charge in [0.15, 0.2) is 0 Å². The highest BCUT2D eigenvalue weighted by Crippen LogP contribution is 2.33. The first-order valence-corrected chi connectivity index (χ1v) is 6.27. The number of carbonyl (C=O) groups is 1.